The van der Waals surface area contributed by atoms with Gasteiger partial charge in [0.05, 0.1) is 6.04 Å². The molecule has 0 spiro atoms. The van der Waals surface area contributed by atoms with E-state index in [0.717, 1.165) is 13.0 Å². The molecule has 114 valence electrons. The molecule has 0 saturated heterocycles. The van der Waals surface area contributed by atoms with E-state index in [1.54, 1.807) is 11.3 Å². The van der Waals surface area contributed by atoms with Crippen molar-refractivity contribution in [1.29, 1.82) is 0 Å². The minimum atomic E-state index is 0.309. The number of rotatable bonds is 4. The molecule has 1 saturated carbocycles. The zero-order chi connectivity index (χ0) is 14.9. The summed E-state index contributed by atoms with van der Waals surface area (Å²) in [4.78, 5) is 5.76. The lowest BCUT2D eigenvalue weighted by atomic mass is 9.61. The van der Waals surface area contributed by atoms with Gasteiger partial charge in [0.25, 0.3) is 0 Å². The second kappa shape index (κ2) is 6.12. The van der Waals surface area contributed by atoms with E-state index >= 15 is 0 Å². The van der Waals surface area contributed by atoms with Gasteiger partial charge in [0.2, 0.25) is 0 Å². The standard InChI is InChI=1S/C16H29N3S/c1-10-8-19-15(20-10)12(3)18-9-13-6-7-14(17)11(2)16(13,4)5/h8,11-14,18H,6-7,9,17H2,1-5H3. The maximum Gasteiger partial charge on any atom is 0.109 e. The van der Waals surface area contributed by atoms with Crippen molar-refractivity contribution < 1.29 is 0 Å². The molecular formula is C16H29N3S. The Labute approximate surface area is 127 Å². The van der Waals surface area contributed by atoms with Gasteiger partial charge in [-0.05, 0) is 50.5 Å². The van der Waals surface area contributed by atoms with E-state index < -0.39 is 0 Å². The van der Waals surface area contributed by atoms with Crippen molar-refractivity contribution in [3.63, 3.8) is 0 Å². The van der Waals surface area contributed by atoms with E-state index in [1.807, 2.05) is 6.20 Å². The first-order chi connectivity index (χ1) is 9.32. The van der Waals surface area contributed by atoms with Gasteiger partial charge < -0.3 is 11.1 Å². The maximum atomic E-state index is 6.24. The van der Waals surface area contributed by atoms with Gasteiger partial charge in [-0.1, -0.05) is 20.8 Å². The number of hydrogen-bond donors (Lipinski definition) is 2. The van der Waals surface area contributed by atoms with Gasteiger partial charge in [-0.25, -0.2) is 4.98 Å². The van der Waals surface area contributed by atoms with Crippen molar-refractivity contribution in [1.82, 2.24) is 10.3 Å². The Balaban J connectivity index is 1.93. The first kappa shape index (κ1) is 15.9. The average molecular weight is 295 g/mol. The van der Waals surface area contributed by atoms with Crippen molar-refractivity contribution in [3.8, 4) is 0 Å². The number of aromatic nitrogens is 1. The van der Waals surface area contributed by atoms with Crippen LogP contribution in [0, 0.1) is 24.2 Å². The summed E-state index contributed by atoms with van der Waals surface area (Å²) in [5, 5.41) is 4.88. The first-order valence-corrected chi connectivity index (χ1v) is 8.55. The van der Waals surface area contributed by atoms with Crippen LogP contribution in [0.25, 0.3) is 0 Å². The van der Waals surface area contributed by atoms with Crippen LogP contribution in [-0.2, 0) is 0 Å². The molecule has 0 aromatic carbocycles. The molecule has 0 amide bonds. The van der Waals surface area contributed by atoms with Crippen LogP contribution in [0.2, 0.25) is 0 Å². The van der Waals surface area contributed by atoms with E-state index in [1.165, 1.54) is 16.3 Å². The molecular weight excluding hydrogens is 266 g/mol. The van der Waals surface area contributed by atoms with Gasteiger partial charge in [-0.3, -0.25) is 0 Å². The third-order valence-electron chi connectivity index (χ3n) is 5.40. The van der Waals surface area contributed by atoms with Gasteiger partial charge in [-0.15, -0.1) is 11.3 Å². The Morgan fingerprint density at radius 2 is 2.20 bits per heavy atom. The van der Waals surface area contributed by atoms with Crippen LogP contribution in [0.15, 0.2) is 6.20 Å². The highest BCUT2D eigenvalue weighted by atomic mass is 32.1. The smallest absolute Gasteiger partial charge is 0.109 e. The Morgan fingerprint density at radius 1 is 1.50 bits per heavy atom. The highest BCUT2D eigenvalue weighted by Crippen LogP contribution is 2.44. The first-order valence-electron chi connectivity index (χ1n) is 7.73. The van der Waals surface area contributed by atoms with Gasteiger partial charge >= 0.3 is 0 Å². The molecule has 0 bridgehead atoms. The molecule has 1 heterocycles. The minimum Gasteiger partial charge on any atom is -0.327 e. The molecule has 1 aromatic heterocycles. The molecule has 4 heteroatoms. The van der Waals surface area contributed by atoms with E-state index in [4.69, 9.17) is 5.73 Å². The number of thiazole rings is 1. The van der Waals surface area contributed by atoms with Gasteiger partial charge in [0, 0.05) is 17.1 Å². The summed E-state index contributed by atoms with van der Waals surface area (Å²) >= 11 is 1.79. The quantitative estimate of drug-likeness (QED) is 0.894. The van der Waals surface area contributed by atoms with Crippen LogP contribution in [0.3, 0.4) is 0 Å². The fourth-order valence-electron chi connectivity index (χ4n) is 3.28. The van der Waals surface area contributed by atoms with Crippen LogP contribution in [0.1, 0.15) is 56.5 Å². The highest BCUT2D eigenvalue weighted by molar-refractivity contribution is 7.11. The number of nitrogens with zero attached hydrogens (tertiary/aromatic N) is 1. The van der Waals surface area contributed by atoms with Crippen molar-refractivity contribution in [2.45, 2.75) is 59.5 Å². The molecule has 1 aromatic rings. The summed E-state index contributed by atoms with van der Waals surface area (Å²) in [5.41, 5.74) is 6.55. The van der Waals surface area contributed by atoms with Crippen molar-refractivity contribution in [2.75, 3.05) is 6.54 Å². The molecule has 1 aliphatic rings. The van der Waals surface area contributed by atoms with Crippen molar-refractivity contribution >= 4 is 11.3 Å². The Hall–Kier alpha value is -0.450. The normalized spacial score (nSPS) is 31.2. The van der Waals surface area contributed by atoms with Gasteiger partial charge in [0.1, 0.15) is 5.01 Å². The molecule has 3 N–H and O–H groups in total. The second-order valence-corrected chi connectivity index (χ2v) is 8.25. The van der Waals surface area contributed by atoms with E-state index in [0.29, 0.717) is 29.3 Å². The second-order valence-electron chi connectivity index (χ2n) is 6.99. The largest absolute Gasteiger partial charge is 0.327 e. The topological polar surface area (TPSA) is 50.9 Å². The molecule has 2 rings (SSSR count). The molecule has 20 heavy (non-hydrogen) atoms. The van der Waals surface area contributed by atoms with Crippen LogP contribution in [-0.4, -0.2) is 17.6 Å². The molecule has 4 atom stereocenters. The number of nitrogens with two attached hydrogens (primary N) is 1. The Morgan fingerprint density at radius 3 is 2.80 bits per heavy atom. The van der Waals surface area contributed by atoms with Crippen LogP contribution >= 0.6 is 11.3 Å². The molecule has 0 radical (unpaired) electrons. The summed E-state index contributed by atoms with van der Waals surface area (Å²) in [7, 11) is 0. The predicted molar refractivity (Wildman–Crippen MR) is 86.9 cm³/mol. The summed E-state index contributed by atoms with van der Waals surface area (Å²) in [6.07, 6.45) is 4.35. The highest BCUT2D eigenvalue weighted by Gasteiger charge is 2.41. The van der Waals surface area contributed by atoms with Crippen LogP contribution in [0.5, 0.6) is 0 Å². The number of aryl methyl sites for hydroxylation is 1. The van der Waals surface area contributed by atoms with E-state index in [2.05, 4.69) is 44.9 Å². The SMILES string of the molecule is Cc1cnc(C(C)NCC2CCC(N)C(C)C2(C)C)s1. The summed E-state index contributed by atoms with van der Waals surface area (Å²) < 4.78 is 0. The van der Waals surface area contributed by atoms with Crippen molar-refractivity contribution in [2.24, 2.45) is 23.0 Å². The van der Waals surface area contributed by atoms with Gasteiger partial charge in [0.15, 0.2) is 0 Å². The lowest BCUT2D eigenvalue weighted by molar-refractivity contribution is 0.0526. The molecule has 3 nitrogen and oxygen atoms in total. The van der Waals surface area contributed by atoms with Gasteiger partial charge in [-0.2, -0.15) is 0 Å². The number of nitrogens with one attached hydrogen (secondary N) is 1. The third-order valence-corrected chi connectivity index (χ3v) is 6.49. The Bertz CT molecular complexity index is 441. The molecule has 0 aliphatic heterocycles. The lowest BCUT2D eigenvalue weighted by Gasteiger charge is -2.47. The maximum absolute atomic E-state index is 6.24. The third kappa shape index (κ3) is 3.23. The summed E-state index contributed by atoms with van der Waals surface area (Å²) in [6, 6.07) is 0.704. The average Bonchev–Trinajstić information content (AvgIpc) is 2.82. The fraction of sp³-hybridized carbons (Fsp3) is 0.812. The number of hydrogen-bond acceptors (Lipinski definition) is 4. The van der Waals surface area contributed by atoms with Crippen molar-refractivity contribution in [3.05, 3.63) is 16.1 Å². The zero-order valence-corrected chi connectivity index (χ0v) is 14.3. The molecule has 1 aliphatic carbocycles. The van der Waals surface area contributed by atoms with E-state index in [9.17, 15) is 0 Å². The monoisotopic (exact) mass is 295 g/mol. The van der Waals surface area contributed by atoms with E-state index in [-0.39, 0.29) is 0 Å². The summed E-state index contributed by atoms with van der Waals surface area (Å²) in [6.45, 7) is 12.4. The predicted octanol–water partition coefficient (Wildman–Crippen LogP) is 3.50. The summed E-state index contributed by atoms with van der Waals surface area (Å²) in [5.74, 6) is 1.28. The van der Waals surface area contributed by atoms with Crippen LogP contribution < -0.4 is 11.1 Å². The molecule has 4 unspecified atom stereocenters. The Kier molecular flexibility index (Phi) is 4.88. The molecule has 1 fully saturated rings. The zero-order valence-electron chi connectivity index (χ0n) is 13.4. The minimum absolute atomic E-state index is 0.309. The van der Waals surface area contributed by atoms with Crippen LogP contribution in [0.4, 0.5) is 0 Å². The lowest BCUT2D eigenvalue weighted by Crippen LogP contribution is -2.49. The fourth-order valence-corrected chi connectivity index (χ4v) is 4.08.